The smallest absolute Gasteiger partial charge is 0.0171 e. The molecule has 0 radical (unpaired) electrons. The zero-order chi connectivity index (χ0) is 25.0. The van der Waals surface area contributed by atoms with Gasteiger partial charge in [-0.25, -0.2) is 0 Å². The maximum Gasteiger partial charge on any atom is -0.0171 e. The summed E-state index contributed by atoms with van der Waals surface area (Å²) in [6.45, 7) is 10.8. The van der Waals surface area contributed by atoms with E-state index >= 15 is 0 Å². The molecule has 34 heavy (non-hydrogen) atoms. The Balaban J connectivity index is 4.90. The van der Waals surface area contributed by atoms with Crippen LogP contribution in [0.3, 0.4) is 0 Å². The van der Waals surface area contributed by atoms with E-state index in [1.165, 1.54) is 141 Å². The lowest BCUT2D eigenvalue weighted by atomic mass is 9.82. The zero-order valence-electron chi connectivity index (χ0n) is 24.0. The monoisotopic (exact) mass is 473 g/mol. The molecule has 0 heteroatoms. The zero-order valence-corrected chi connectivity index (χ0v) is 24.0. The first-order valence-corrected chi connectivity index (χ1v) is 15.7. The Hall–Kier alpha value is -0.780. The molecule has 0 heterocycles. The van der Waals surface area contributed by atoms with Gasteiger partial charge in [0.15, 0.2) is 0 Å². The number of hydrogen-bond acceptors (Lipinski definition) is 0. The van der Waals surface area contributed by atoms with Crippen LogP contribution in [0.4, 0.5) is 0 Å². The maximum absolute atomic E-state index is 3.87. The molecule has 0 aliphatic rings. The van der Waals surface area contributed by atoms with Gasteiger partial charge in [-0.3, -0.25) is 0 Å². The molecular weight excluding hydrogens is 408 g/mol. The van der Waals surface area contributed by atoms with Crippen LogP contribution in [0.2, 0.25) is 0 Å². The van der Waals surface area contributed by atoms with Crippen molar-refractivity contribution >= 4 is 0 Å². The van der Waals surface area contributed by atoms with Crippen LogP contribution in [-0.4, -0.2) is 0 Å². The molecule has 0 spiro atoms. The minimum atomic E-state index is 0.744. The van der Waals surface area contributed by atoms with E-state index < -0.39 is 0 Å². The number of rotatable bonds is 27. The number of allylic oxidation sites excluding steroid dienone is 5. The van der Waals surface area contributed by atoms with Crippen molar-refractivity contribution in [2.24, 2.45) is 11.8 Å². The summed E-state index contributed by atoms with van der Waals surface area (Å²) < 4.78 is 0. The quantitative estimate of drug-likeness (QED) is 0.0823. The fourth-order valence-corrected chi connectivity index (χ4v) is 5.01. The van der Waals surface area contributed by atoms with Crippen LogP contribution < -0.4 is 0 Å². The molecule has 2 unspecified atom stereocenters. The number of unbranched alkanes of at least 4 members (excludes halogenated alkanes) is 17. The standard InChI is InChI=1S/C34H64/c1-5-9-13-17-21-25-29-33(30-26-22-18-14-10-6-2)34(31-27-23-19-15-11-7-3)32-28-24-20-16-12-8-4/h5,25,27,29,31,33-34H,1,6-24,26,28,30,32H2,2-4H3. The third kappa shape index (κ3) is 23.0. The van der Waals surface area contributed by atoms with Crippen LogP contribution >= 0.6 is 0 Å². The molecule has 0 saturated heterocycles. The van der Waals surface area contributed by atoms with Crippen LogP contribution in [0.1, 0.15) is 168 Å². The Kier molecular flexibility index (Phi) is 27.8. The molecule has 2 atom stereocenters. The van der Waals surface area contributed by atoms with Crippen molar-refractivity contribution in [3.8, 4) is 0 Å². The van der Waals surface area contributed by atoms with Crippen LogP contribution in [0.15, 0.2) is 37.0 Å². The molecule has 0 aliphatic carbocycles. The van der Waals surface area contributed by atoms with Gasteiger partial charge in [0, 0.05) is 0 Å². The van der Waals surface area contributed by atoms with E-state index in [1.807, 2.05) is 0 Å². The molecule has 0 aromatic rings. The summed E-state index contributed by atoms with van der Waals surface area (Å²) in [6, 6.07) is 0. The van der Waals surface area contributed by atoms with Crippen molar-refractivity contribution in [2.45, 2.75) is 168 Å². The Labute approximate surface area is 217 Å². The van der Waals surface area contributed by atoms with Crippen LogP contribution in [0.5, 0.6) is 0 Å². The van der Waals surface area contributed by atoms with E-state index in [-0.39, 0.29) is 0 Å². The van der Waals surface area contributed by atoms with Crippen molar-refractivity contribution < 1.29 is 0 Å². The van der Waals surface area contributed by atoms with Gasteiger partial charge in [0.05, 0.1) is 0 Å². The largest absolute Gasteiger partial charge is 0.103 e. The highest BCUT2D eigenvalue weighted by Crippen LogP contribution is 2.28. The highest BCUT2D eigenvalue weighted by atomic mass is 14.2. The highest BCUT2D eigenvalue weighted by molar-refractivity contribution is 5.00. The van der Waals surface area contributed by atoms with Crippen molar-refractivity contribution in [2.75, 3.05) is 0 Å². The van der Waals surface area contributed by atoms with Gasteiger partial charge >= 0.3 is 0 Å². The van der Waals surface area contributed by atoms with Gasteiger partial charge in [-0.15, -0.1) is 6.58 Å². The van der Waals surface area contributed by atoms with E-state index in [4.69, 9.17) is 0 Å². The molecule has 0 aromatic carbocycles. The second-order valence-corrected chi connectivity index (χ2v) is 10.7. The Morgan fingerprint density at radius 2 is 0.794 bits per heavy atom. The summed E-state index contributed by atoms with van der Waals surface area (Å²) in [7, 11) is 0. The summed E-state index contributed by atoms with van der Waals surface area (Å²) in [6.07, 6.45) is 43.9. The maximum atomic E-state index is 3.87. The minimum Gasteiger partial charge on any atom is -0.103 e. The summed E-state index contributed by atoms with van der Waals surface area (Å²) in [5.41, 5.74) is 0. The van der Waals surface area contributed by atoms with Crippen molar-refractivity contribution in [3.05, 3.63) is 37.0 Å². The molecule has 0 rings (SSSR count). The molecular formula is C34H64. The third-order valence-electron chi connectivity index (χ3n) is 7.35. The second-order valence-electron chi connectivity index (χ2n) is 10.7. The van der Waals surface area contributed by atoms with E-state index in [1.54, 1.807) is 0 Å². The predicted octanol–water partition coefficient (Wildman–Crippen LogP) is 12.5. The normalized spacial score (nSPS) is 13.7. The van der Waals surface area contributed by atoms with Gasteiger partial charge in [-0.2, -0.15) is 0 Å². The summed E-state index contributed by atoms with van der Waals surface area (Å²) in [5, 5.41) is 0. The predicted molar refractivity (Wildman–Crippen MR) is 159 cm³/mol. The molecule has 0 bridgehead atoms. The topological polar surface area (TPSA) is 0 Å². The van der Waals surface area contributed by atoms with Crippen molar-refractivity contribution in [1.82, 2.24) is 0 Å². The highest BCUT2D eigenvalue weighted by Gasteiger charge is 2.16. The van der Waals surface area contributed by atoms with Gasteiger partial charge in [-0.05, 0) is 63.2 Å². The van der Waals surface area contributed by atoms with Gasteiger partial charge < -0.3 is 0 Å². The van der Waals surface area contributed by atoms with Crippen LogP contribution in [-0.2, 0) is 0 Å². The lowest BCUT2D eigenvalue weighted by Gasteiger charge is -2.23. The Morgan fingerprint density at radius 1 is 0.441 bits per heavy atom. The van der Waals surface area contributed by atoms with E-state index in [9.17, 15) is 0 Å². The molecule has 0 aliphatic heterocycles. The molecule has 0 N–H and O–H groups in total. The summed E-state index contributed by atoms with van der Waals surface area (Å²) in [5.74, 6) is 1.49. The number of hydrogen-bond donors (Lipinski definition) is 0. The fourth-order valence-electron chi connectivity index (χ4n) is 5.01. The molecule has 0 saturated carbocycles. The minimum absolute atomic E-state index is 0.744. The molecule has 0 nitrogen and oxygen atoms in total. The van der Waals surface area contributed by atoms with Crippen molar-refractivity contribution in [3.63, 3.8) is 0 Å². The first-order chi connectivity index (χ1) is 16.8. The second kappa shape index (κ2) is 28.5. The molecule has 0 aromatic heterocycles. The summed E-state index contributed by atoms with van der Waals surface area (Å²) >= 11 is 0. The van der Waals surface area contributed by atoms with E-state index in [0.717, 1.165) is 18.3 Å². The van der Waals surface area contributed by atoms with Gasteiger partial charge in [0.1, 0.15) is 0 Å². The Bertz CT molecular complexity index is 443. The third-order valence-corrected chi connectivity index (χ3v) is 7.35. The Morgan fingerprint density at radius 3 is 1.24 bits per heavy atom. The first-order valence-electron chi connectivity index (χ1n) is 15.7. The van der Waals surface area contributed by atoms with E-state index in [2.05, 4.69) is 57.7 Å². The van der Waals surface area contributed by atoms with Gasteiger partial charge in [-0.1, -0.05) is 147 Å². The lowest BCUT2D eigenvalue weighted by molar-refractivity contribution is 0.385. The lowest BCUT2D eigenvalue weighted by Crippen LogP contribution is -2.11. The molecule has 0 fully saturated rings. The molecule has 200 valence electrons. The van der Waals surface area contributed by atoms with Crippen molar-refractivity contribution in [1.29, 1.82) is 0 Å². The molecule has 0 amide bonds. The van der Waals surface area contributed by atoms with Gasteiger partial charge in [0.25, 0.3) is 0 Å². The SMILES string of the molecule is C=CCCCCC=CC(CCCCCCCC)C(C=CCCCCCC)CCCCCCCC. The van der Waals surface area contributed by atoms with Crippen LogP contribution in [0.25, 0.3) is 0 Å². The van der Waals surface area contributed by atoms with Gasteiger partial charge in [0.2, 0.25) is 0 Å². The first kappa shape index (κ1) is 33.2. The fraction of sp³-hybridized carbons (Fsp3) is 0.824. The summed E-state index contributed by atoms with van der Waals surface area (Å²) in [4.78, 5) is 0. The van der Waals surface area contributed by atoms with E-state index in [0.29, 0.717) is 0 Å². The average molecular weight is 473 g/mol. The average Bonchev–Trinajstić information content (AvgIpc) is 2.85. The van der Waals surface area contributed by atoms with Crippen LogP contribution in [0, 0.1) is 11.8 Å².